The van der Waals surface area contributed by atoms with Gasteiger partial charge < -0.3 is 10.1 Å². The number of aromatic amines is 1. The van der Waals surface area contributed by atoms with Crippen LogP contribution in [0.5, 0.6) is 0 Å². The predicted octanol–water partition coefficient (Wildman–Crippen LogP) is 2.74. The van der Waals surface area contributed by atoms with E-state index in [9.17, 15) is 9.90 Å². The highest BCUT2D eigenvalue weighted by molar-refractivity contribution is 9.10. The summed E-state index contributed by atoms with van der Waals surface area (Å²) in [6.07, 6.45) is 0.952. The van der Waals surface area contributed by atoms with Crippen LogP contribution in [0.15, 0.2) is 49.8 Å². The van der Waals surface area contributed by atoms with Crippen LogP contribution < -0.4 is 5.56 Å². The van der Waals surface area contributed by atoms with Gasteiger partial charge >= 0.3 is 0 Å². The maximum absolute atomic E-state index is 11.1. The van der Waals surface area contributed by atoms with E-state index in [0.29, 0.717) is 5.16 Å². The highest BCUT2D eigenvalue weighted by Gasteiger charge is 2.08. The molecule has 2 aromatic rings. The molecule has 18 heavy (non-hydrogen) atoms. The van der Waals surface area contributed by atoms with Crippen molar-refractivity contribution >= 4 is 27.7 Å². The van der Waals surface area contributed by atoms with Gasteiger partial charge in [0.15, 0.2) is 5.16 Å². The van der Waals surface area contributed by atoms with E-state index in [-0.39, 0.29) is 5.56 Å². The van der Waals surface area contributed by atoms with Gasteiger partial charge in [-0.25, -0.2) is 4.98 Å². The zero-order valence-electron chi connectivity index (χ0n) is 9.55. The highest BCUT2D eigenvalue weighted by Crippen LogP contribution is 2.30. The second-order valence-electron chi connectivity index (χ2n) is 3.70. The third-order valence-corrected chi connectivity index (χ3v) is 3.86. The number of hydrogen-bond acceptors (Lipinski definition) is 4. The Kier molecular flexibility index (Phi) is 4.21. The van der Waals surface area contributed by atoms with E-state index in [4.69, 9.17) is 0 Å². The molecule has 1 aromatic heterocycles. The molecule has 0 aliphatic rings. The summed E-state index contributed by atoms with van der Waals surface area (Å²) >= 11 is 4.77. The van der Waals surface area contributed by atoms with E-state index in [1.54, 1.807) is 6.92 Å². The van der Waals surface area contributed by atoms with Gasteiger partial charge in [-0.1, -0.05) is 33.8 Å². The number of nitrogens with one attached hydrogen (secondary N) is 1. The first kappa shape index (κ1) is 13.3. The van der Waals surface area contributed by atoms with E-state index in [0.717, 1.165) is 14.9 Å². The first-order chi connectivity index (χ1) is 8.56. The maximum atomic E-state index is 11.1. The number of hydrogen-bond donors (Lipinski definition) is 2. The van der Waals surface area contributed by atoms with Gasteiger partial charge in [-0.2, -0.15) is 0 Å². The van der Waals surface area contributed by atoms with Crippen LogP contribution in [0, 0.1) is 0 Å². The Balaban J connectivity index is 2.25. The van der Waals surface area contributed by atoms with Gasteiger partial charge in [-0.05, 0) is 24.6 Å². The molecule has 2 N–H and O–H groups in total. The lowest BCUT2D eigenvalue weighted by Crippen LogP contribution is -2.04. The summed E-state index contributed by atoms with van der Waals surface area (Å²) in [6.45, 7) is 1.71. The van der Waals surface area contributed by atoms with Crippen molar-refractivity contribution in [1.82, 2.24) is 9.97 Å². The molecule has 0 saturated heterocycles. The van der Waals surface area contributed by atoms with Crippen LogP contribution in [0.3, 0.4) is 0 Å². The predicted molar refractivity (Wildman–Crippen MR) is 73.8 cm³/mol. The summed E-state index contributed by atoms with van der Waals surface area (Å²) in [5.74, 6) is 0. The van der Waals surface area contributed by atoms with E-state index >= 15 is 0 Å². The largest absolute Gasteiger partial charge is 0.389 e. The van der Waals surface area contributed by atoms with Crippen molar-refractivity contribution in [2.75, 3.05) is 0 Å². The summed E-state index contributed by atoms with van der Waals surface area (Å²) in [5.41, 5.74) is 0.654. The zero-order valence-corrected chi connectivity index (χ0v) is 12.0. The molecular weight excluding hydrogens is 316 g/mol. The normalized spacial score (nSPS) is 12.4. The Morgan fingerprint density at radius 2 is 2.22 bits per heavy atom. The minimum Gasteiger partial charge on any atom is -0.389 e. The molecule has 1 aromatic carbocycles. The van der Waals surface area contributed by atoms with Crippen molar-refractivity contribution in [3.63, 3.8) is 0 Å². The minimum atomic E-state index is -0.520. The second-order valence-corrected chi connectivity index (χ2v) is 5.62. The van der Waals surface area contributed by atoms with E-state index in [2.05, 4.69) is 25.9 Å². The van der Waals surface area contributed by atoms with Crippen molar-refractivity contribution in [2.45, 2.75) is 23.1 Å². The summed E-state index contributed by atoms with van der Waals surface area (Å²) < 4.78 is 0.834. The molecule has 0 aliphatic carbocycles. The number of halogens is 1. The number of rotatable bonds is 3. The van der Waals surface area contributed by atoms with Crippen molar-refractivity contribution in [3.8, 4) is 0 Å². The fraction of sp³-hybridized carbons (Fsp3) is 0.167. The molecule has 4 nitrogen and oxygen atoms in total. The molecule has 1 heterocycles. The Hall–Kier alpha value is -1.11. The standard InChI is InChI=1S/C12H11BrN2O2S/c1-7(16)9-3-2-8(6-10(9)13)18-12-14-5-4-11(17)15-12/h2-7,16H,1H3,(H,14,15,17)/t7-/m0/s1. The fourth-order valence-corrected chi connectivity index (χ4v) is 3.09. The van der Waals surface area contributed by atoms with Crippen LogP contribution in [0.25, 0.3) is 0 Å². The van der Waals surface area contributed by atoms with Crippen LogP contribution in [0.1, 0.15) is 18.6 Å². The number of aliphatic hydroxyl groups excluding tert-OH is 1. The van der Waals surface area contributed by atoms with Crippen LogP contribution in [0.4, 0.5) is 0 Å². The number of nitrogens with zero attached hydrogens (tertiary/aromatic N) is 1. The third-order valence-electron chi connectivity index (χ3n) is 2.28. The van der Waals surface area contributed by atoms with Gasteiger partial charge in [0.2, 0.25) is 0 Å². The summed E-state index contributed by atoms with van der Waals surface area (Å²) in [6, 6.07) is 6.98. The second kappa shape index (κ2) is 5.69. The van der Waals surface area contributed by atoms with E-state index < -0.39 is 6.10 Å². The van der Waals surface area contributed by atoms with Gasteiger partial charge in [0.05, 0.1) is 6.10 Å². The van der Waals surface area contributed by atoms with E-state index in [1.165, 1.54) is 24.0 Å². The Morgan fingerprint density at radius 1 is 1.44 bits per heavy atom. The minimum absolute atomic E-state index is 0.174. The molecule has 6 heteroatoms. The molecule has 0 bridgehead atoms. The van der Waals surface area contributed by atoms with Gasteiger partial charge in [-0.3, -0.25) is 4.79 Å². The number of H-pyrrole nitrogens is 1. The monoisotopic (exact) mass is 326 g/mol. The number of aliphatic hydroxyl groups is 1. The molecule has 2 rings (SSSR count). The van der Waals surface area contributed by atoms with Crippen molar-refractivity contribution in [1.29, 1.82) is 0 Å². The first-order valence-electron chi connectivity index (χ1n) is 5.27. The lowest BCUT2D eigenvalue weighted by molar-refractivity contribution is 0.198. The van der Waals surface area contributed by atoms with Gasteiger partial charge in [0, 0.05) is 21.6 Å². The molecule has 0 amide bonds. The fourth-order valence-electron chi connectivity index (χ4n) is 1.43. The Morgan fingerprint density at radius 3 is 2.83 bits per heavy atom. The van der Waals surface area contributed by atoms with Gasteiger partial charge in [0.1, 0.15) is 0 Å². The van der Waals surface area contributed by atoms with Crippen molar-refractivity contribution in [2.24, 2.45) is 0 Å². The third kappa shape index (κ3) is 3.22. The average Bonchev–Trinajstić information content (AvgIpc) is 2.28. The summed E-state index contributed by atoms with van der Waals surface area (Å²) in [7, 11) is 0. The number of aromatic nitrogens is 2. The van der Waals surface area contributed by atoms with Crippen molar-refractivity contribution < 1.29 is 5.11 Å². The average molecular weight is 327 g/mol. The lowest BCUT2D eigenvalue weighted by Gasteiger charge is -2.09. The molecule has 94 valence electrons. The Labute approximate surface area is 117 Å². The number of benzene rings is 1. The molecule has 0 fully saturated rings. The smallest absolute Gasteiger partial charge is 0.251 e. The maximum Gasteiger partial charge on any atom is 0.251 e. The van der Waals surface area contributed by atoms with Crippen LogP contribution in [0.2, 0.25) is 0 Å². The summed E-state index contributed by atoms with van der Waals surface area (Å²) in [5, 5.41) is 10.1. The topological polar surface area (TPSA) is 66.0 Å². The SMILES string of the molecule is C[C@H](O)c1ccc(Sc2nccc(=O)[nH]2)cc1Br. The van der Waals surface area contributed by atoms with Crippen molar-refractivity contribution in [3.05, 3.63) is 50.9 Å². The summed E-state index contributed by atoms with van der Waals surface area (Å²) in [4.78, 5) is 18.8. The molecular formula is C12H11BrN2O2S. The lowest BCUT2D eigenvalue weighted by atomic mass is 10.1. The van der Waals surface area contributed by atoms with E-state index in [1.807, 2.05) is 18.2 Å². The molecule has 0 aliphatic heterocycles. The molecule has 0 saturated carbocycles. The molecule has 0 radical (unpaired) electrons. The van der Waals surface area contributed by atoms with Crippen LogP contribution in [-0.4, -0.2) is 15.1 Å². The first-order valence-corrected chi connectivity index (χ1v) is 6.88. The molecule has 0 spiro atoms. The zero-order chi connectivity index (χ0) is 13.1. The molecule has 0 unspecified atom stereocenters. The van der Waals surface area contributed by atoms with Crippen LogP contribution >= 0.6 is 27.7 Å². The van der Waals surface area contributed by atoms with Gasteiger partial charge in [0.25, 0.3) is 5.56 Å². The van der Waals surface area contributed by atoms with Crippen LogP contribution in [-0.2, 0) is 0 Å². The quantitative estimate of drug-likeness (QED) is 0.851. The van der Waals surface area contributed by atoms with Gasteiger partial charge in [-0.15, -0.1) is 0 Å². The highest BCUT2D eigenvalue weighted by atomic mass is 79.9. The molecule has 1 atom stereocenters. The Bertz CT molecular complexity index is 613.